The minimum atomic E-state index is -0.0305. The number of aryl methyl sites for hydroxylation is 1. The van der Waals surface area contributed by atoms with E-state index in [9.17, 15) is 4.79 Å². The summed E-state index contributed by atoms with van der Waals surface area (Å²) < 4.78 is 7.46. The van der Waals surface area contributed by atoms with Gasteiger partial charge in [-0.2, -0.15) is 0 Å². The number of carbonyl (C=O) groups excluding carboxylic acids is 1. The van der Waals surface area contributed by atoms with Crippen LogP contribution in [-0.4, -0.2) is 11.9 Å². The maximum atomic E-state index is 11.5. The van der Waals surface area contributed by atoms with Crippen molar-refractivity contribution in [1.29, 1.82) is 0 Å². The predicted molar refractivity (Wildman–Crippen MR) is 98.7 cm³/mol. The molecule has 1 aliphatic rings. The molecule has 1 amide bonds. The van der Waals surface area contributed by atoms with Crippen LogP contribution in [0.2, 0.25) is 0 Å². The van der Waals surface area contributed by atoms with Crippen molar-refractivity contribution in [3.8, 4) is 0 Å². The molecule has 0 radical (unpaired) electrons. The Morgan fingerprint density at radius 1 is 1.08 bits per heavy atom. The number of ether oxygens (including phenoxy) is 1. The molecule has 3 rings (SSSR count). The molecule has 2 aromatic rings. The summed E-state index contributed by atoms with van der Waals surface area (Å²) in [6.07, 6.45) is 1.55. The lowest BCUT2D eigenvalue weighted by atomic mass is 9.91. The standard InChI is InChI=1S/C20H22BrNO2/c1-13-8-16(10-17(21)9-13)20-12-18(22-14(2)23)11-19(24-20)15-6-4-3-5-7-15/h3-10,18-20H,11-12H2,1-2H3,(H,22,23)/t18-,19-,20+/m0/s1. The first-order valence-corrected chi connectivity index (χ1v) is 9.05. The first-order chi connectivity index (χ1) is 11.5. The summed E-state index contributed by atoms with van der Waals surface area (Å²) in [6, 6.07) is 16.7. The summed E-state index contributed by atoms with van der Waals surface area (Å²) in [6.45, 7) is 3.66. The van der Waals surface area contributed by atoms with Gasteiger partial charge in [-0.3, -0.25) is 4.79 Å². The van der Waals surface area contributed by atoms with E-state index in [-0.39, 0.29) is 24.2 Å². The van der Waals surface area contributed by atoms with Gasteiger partial charge in [0.15, 0.2) is 0 Å². The van der Waals surface area contributed by atoms with Crippen LogP contribution >= 0.6 is 15.9 Å². The highest BCUT2D eigenvalue weighted by Gasteiger charge is 2.32. The molecule has 2 aromatic carbocycles. The van der Waals surface area contributed by atoms with Gasteiger partial charge in [0.25, 0.3) is 0 Å². The van der Waals surface area contributed by atoms with E-state index in [0.29, 0.717) is 0 Å². The number of hydrogen-bond donors (Lipinski definition) is 1. The highest BCUT2D eigenvalue weighted by Crippen LogP contribution is 2.39. The lowest BCUT2D eigenvalue weighted by molar-refractivity contribution is -0.122. The van der Waals surface area contributed by atoms with E-state index in [1.807, 2.05) is 18.2 Å². The van der Waals surface area contributed by atoms with E-state index >= 15 is 0 Å². The maximum absolute atomic E-state index is 11.5. The summed E-state index contributed by atoms with van der Waals surface area (Å²) in [4.78, 5) is 11.5. The molecular formula is C20H22BrNO2. The lowest BCUT2D eigenvalue weighted by Gasteiger charge is -2.36. The molecule has 1 saturated heterocycles. The quantitative estimate of drug-likeness (QED) is 0.816. The number of carbonyl (C=O) groups is 1. The van der Waals surface area contributed by atoms with Gasteiger partial charge in [0.2, 0.25) is 5.91 Å². The van der Waals surface area contributed by atoms with Crippen molar-refractivity contribution in [1.82, 2.24) is 5.32 Å². The molecule has 0 unspecified atom stereocenters. The SMILES string of the molecule is CC(=O)N[C@H]1C[C@@H](c2ccccc2)O[C@@H](c2cc(C)cc(Br)c2)C1. The van der Waals surface area contributed by atoms with Crippen LogP contribution in [0.4, 0.5) is 0 Å². The number of hydrogen-bond acceptors (Lipinski definition) is 2. The first kappa shape index (κ1) is 17.2. The molecular weight excluding hydrogens is 366 g/mol. The molecule has 0 saturated carbocycles. The fraction of sp³-hybridized carbons (Fsp3) is 0.350. The van der Waals surface area contributed by atoms with Gasteiger partial charge in [0, 0.05) is 17.4 Å². The fourth-order valence-corrected chi connectivity index (χ4v) is 4.00. The number of nitrogens with one attached hydrogen (secondary N) is 1. The highest BCUT2D eigenvalue weighted by atomic mass is 79.9. The third kappa shape index (κ3) is 4.25. The second-order valence-corrected chi connectivity index (χ2v) is 7.37. The second kappa shape index (κ2) is 7.49. The molecule has 3 nitrogen and oxygen atoms in total. The zero-order chi connectivity index (χ0) is 17.1. The molecule has 1 heterocycles. The average Bonchev–Trinajstić information content (AvgIpc) is 2.54. The molecule has 0 bridgehead atoms. The van der Waals surface area contributed by atoms with Crippen molar-refractivity contribution < 1.29 is 9.53 Å². The fourth-order valence-electron chi connectivity index (χ4n) is 3.38. The van der Waals surface area contributed by atoms with Gasteiger partial charge in [-0.05, 0) is 48.6 Å². The van der Waals surface area contributed by atoms with Crippen LogP contribution < -0.4 is 5.32 Å². The van der Waals surface area contributed by atoms with Crippen LogP contribution in [0.1, 0.15) is 48.7 Å². The minimum absolute atomic E-state index is 0.0119. The Morgan fingerprint density at radius 2 is 1.75 bits per heavy atom. The van der Waals surface area contributed by atoms with Crippen LogP contribution in [0.3, 0.4) is 0 Å². The summed E-state index contributed by atoms with van der Waals surface area (Å²) in [5, 5.41) is 3.08. The molecule has 126 valence electrons. The molecule has 4 heteroatoms. The Kier molecular flexibility index (Phi) is 5.36. The van der Waals surface area contributed by atoms with Gasteiger partial charge in [0.1, 0.15) is 0 Å². The molecule has 24 heavy (non-hydrogen) atoms. The lowest BCUT2D eigenvalue weighted by Crippen LogP contribution is -2.39. The minimum Gasteiger partial charge on any atom is -0.365 e. The van der Waals surface area contributed by atoms with E-state index in [0.717, 1.165) is 28.4 Å². The number of halogens is 1. The van der Waals surface area contributed by atoms with Gasteiger partial charge in [-0.15, -0.1) is 0 Å². The first-order valence-electron chi connectivity index (χ1n) is 8.26. The monoisotopic (exact) mass is 387 g/mol. The largest absolute Gasteiger partial charge is 0.365 e. The molecule has 0 spiro atoms. The van der Waals surface area contributed by atoms with Gasteiger partial charge < -0.3 is 10.1 Å². The van der Waals surface area contributed by atoms with E-state index in [1.165, 1.54) is 5.56 Å². The zero-order valence-corrected chi connectivity index (χ0v) is 15.5. The molecule has 0 aliphatic carbocycles. The smallest absolute Gasteiger partial charge is 0.217 e. The Morgan fingerprint density at radius 3 is 2.38 bits per heavy atom. The summed E-state index contributed by atoms with van der Waals surface area (Å²) in [5.41, 5.74) is 3.50. The van der Waals surface area contributed by atoms with Crippen molar-refractivity contribution >= 4 is 21.8 Å². The van der Waals surface area contributed by atoms with Crippen molar-refractivity contribution in [2.45, 2.75) is 44.9 Å². The van der Waals surface area contributed by atoms with E-state index < -0.39 is 0 Å². The van der Waals surface area contributed by atoms with E-state index in [1.54, 1.807) is 6.92 Å². The van der Waals surface area contributed by atoms with Crippen LogP contribution in [-0.2, 0) is 9.53 Å². The van der Waals surface area contributed by atoms with Crippen molar-refractivity contribution in [2.75, 3.05) is 0 Å². The molecule has 0 aromatic heterocycles. The predicted octanol–water partition coefficient (Wildman–Crippen LogP) is 4.86. The Balaban J connectivity index is 1.88. The van der Waals surface area contributed by atoms with Crippen LogP contribution in [0.25, 0.3) is 0 Å². The van der Waals surface area contributed by atoms with Crippen molar-refractivity contribution in [2.24, 2.45) is 0 Å². The second-order valence-electron chi connectivity index (χ2n) is 6.45. The summed E-state index contributed by atoms with van der Waals surface area (Å²) in [5.74, 6) is 0.0119. The summed E-state index contributed by atoms with van der Waals surface area (Å²) >= 11 is 3.57. The van der Waals surface area contributed by atoms with E-state index in [4.69, 9.17) is 4.74 Å². The van der Waals surface area contributed by atoms with Crippen LogP contribution in [0.15, 0.2) is 53.0 Å². The topological polar surface area (TPSA) is 38.3 Å². The molecule has 1 aliphatic heterocycles. The Bertz CT molecular complexity index is 697. The van der Waals surface area contributed by atoms with Crippen LogP contribution in [0.5, 0.6) is 0 Å². The van der Waals surface area contributed by atoms with Crippen LogP contribution in [0, 0.1) is 6.92 Å². The third-order valence-electron chi connectivity index (χ3n) is 4.34. The molecule has 1 fully saturated rings. The maximum Gasteiger partial charge on any atom is 0.217 e. The average molecular weight is 388 g/mol. The highest BCUT2D eigenvalue weighted by molar-refractivity contribution is 9.10. The van der Waals surface area contributed by atoms with Gasteiger partial charge >= 0.3 is 0 Å². The van der Waals surface area contributed by atoms with Crippen molar-refractivity contribution in [3.63, 3.8) is 0 Å². The normalized spacial score (nSPS) is 23.7. The van der Waals surface area contributed by atoms with Gasteiger partial charge in [-0.1, -0.05) is 52.3 Å². The number of benzene rings is 2. The Labute approximate surface area is 151 Å². The number of amides is 1. The summed E-state index contributed by atoms with van der Waals surface area (Å²) in [7, 11) is 0. The van der Waals surface area contributed by atoms with Gasteiger partial charge in [-0.25, -0.2) is 0 Å². The zero-order valence-electron chi connectivity index (χ0n) is 14.0. The Hall–Kier alpha value is -1.65. The van der Waals surface area contributed by atoms with Crippen molar-refractivity contribution in [3.05, 3.63) is 69.7 Å². The third-order valence-corrected chi connectivity index (χ3v) is 4.80. The van der Waals surface area contributed by atoms with E-state index in [2.05, 4.69) is 58.5 Å². The molecule has 3 atom stereocenters. The number of rotatable bonds is 3. The van der Waals surface area contributed by atoms with Gasteiger partial charge in [0.05, 0.1) is 12.2 Å². The molecule has 1 N–H and O–H groups in total.